The Morgan fingerprint density at radius 2 is 1.64 bits per heavy atom. The van der Waals surface area contributed by atoms with Crippen molar-refractivity contribution in [1.82, 2.24) is 4.98 Å². The van der Waals surface area contributed by atoms with E-state index >= 15 is 0 Å². The van der Waals surface area contributed by atoms with Crippen LogP contribution in [0, 0.1) is 0 Å². The van der Waals surface area contributed by atoms with E-state index in [1.54, 1.807) is 0 Å². The maximum Gasteiger partial charge on any atom is 0.308 e. The van der Waals surface area contributed by atoms with Crippen LogP contribution in [0.25, 0.3) is 32.6 Å². The molecule has 0 saturated heterocycles. The zero-order chi connectivity index (χ0) is 15.1. The summed E-state index contributed by atoms with van der Waals surface area (Å²) in [6, 6.07) is 19.8. The number of rotatable bonds is 1. The second-order valence-electron chi connectivity index (χ2n) is 5.27. The predicted molar refractivity (Wildman–Crippen MR) is 88.1 cm³/mol. The van der Waals surface area contributed by atoms with Gasteiger partial charge in [0.25, 0.3) is 0 Å². The summed E-state index contributed by atoms with van der Waals surface area (Å²) in [6.45, 7) is 1.41. The van der Waals surface area contributed by atoms with Gasteiger partial charge in [0.2, 0.25) is 0 Å². The molecular formula is C19H13NO2. The van der Waals surface area contributed by atoms with Gasteiger partial charge in [-0.3, -0.25) is 4.79 Å². The van der Waals surface area contributed by atoms with Crippen molar-refractivity contribution in [2.24, 2.45) is 0 Å². The Morgan fingerprint density at radius 1 is 0.909 bits per heavy atom. The Labute approximate surface area is 127 Å². The summed E-state index contributed by atoms with van der Waals surface area (Å²) < 4.78 is 5.38. The summed E-state index contributed by atoms with van der Waals surface area (Å²) in [7, 11) is 0. The smallest absolute Gasteiger partial charge is 0.308 e. The number of ether oxygens (including phenoxy) is 1. The van der Waals surface area contributed by atoms with E-state index < -0.39 is 0 Å². The number of aromatic nitrogens is 1. The summed E-state index contributed by atoms with van der Waals surface area (Å²) >= 11 is 0. The van der Waals surface area contributed by atoms with Gasteiger partial charge >= 0.3 is 5.97 Å². The maximum atomic E-state index is 11.4. The van der Waals surface area contributed by atoms with E-state index in [1.165, 1.54) is 6.92 Å². The highest BCUT2D eigenvalue weighted by Gasteiger charge is 2.11. The quantitative estimate of drug-likeness (QED) is 0.224. The lowest BCUT2D eigenvalue weighted by Gasteiger charge is -2.10. The summed E-state index contributed by atoms with van der Waals surface area (Å²) in [5, 5.41) is 3.92. The lowest BCUT2D eigenvalue weighted by Crippen LogP contribution is -2.02. The third-order valence-electron chi connectivity index (χ3n) is 3.74. The highest BCUT2D eigenvalue weighted by atomic mass is 16.5. The topological polar surface area (TPSA) is 39.2 Å². The molecule has 22 heavy (non-hydrogen) atoms. The number of esters is 1. The van der Waals surface area contributed by atoms with Gasteiger partial charge in [-0.05, 0) is 18.2 Å². The molecule has 3 aromatic carbocycles. The fourth-order valence-corrected chi connectivity index (χ4v) is 2.82. The largest absolute Gasteiger partial charge is 0.426 e. The van der Waals surface area contributed by atoms with Crippen LogP contribution in [0.4, 0.5) is 0 Å². The molecule has 0 saturated carbocycles. The number of carbonyl (C=O) groups excluding carboxylic acids is 1. The predicted octanol–water partition coefficient (Wildman–Crippen LogP) is 4.47. The molecule has 106 valence electrons. The third-order valence-corrected chi connectivity index (χ3v) is 3.74. The van der Waals surface area contributed by atoms with Crippen molar-refractivity contribution in [3.63, 3.8) is 0 Å². The van der Waals surface area contributed by atoms with Crippen LogP contribution in [0.5, 0.6) is 5.75 Å². The fourth-order valence-electron chi connectivity index (χ4n) is 2.82. The molecule has 3 nitrogen and oxygen atoms in total. The molecule has 0 aliphatic heterocycles. The summed E-state index contributed by atoms with van der Waals surface area (Å²) in [5.74, 6) is 0.255. The van der Waals surface area contributed by atoms with Gasteiger partial charge in [0.1, 0.15) is 5.75 Å². The molecule has 0 aliphatic rings. The Balaban J connectivity index is 2.16. The number of pyridine rings is 1. The van der Waals surface area contributed by atoms with Gasteiger partial charge in [0, 0.05) is 28.5 Å². The molecule has 0 N–H and O–H groups in total. The van der Waals surface area contributed by atoms with Crippen LogP contribution in [0.3, 0.4) is 0 Å². The van der Waals surface area contributed by atoms with Crippen molar-refractivity contribution in [3.8, 4) is 5.75 Å². The molecule has 0 aliphatic carbocycles. The number of carbonyl (C=O) groups is 1. The van der Waals surface area contributed by atoms with Gasteiger partial charge in [0.15, 0.2) is 0 Å². The lowest BCUT2D eigenvalue weighted by atomic mass is 10.0. The van der Waals surface area contributed by atoms with Crippen LogP contribution in [0.15, 0.2) is 60.7 Å². The van der Waals surface area contributed by atoms with Crippen molar-refractivity contribution in [3.05, 3.63) is 60.7 Å². The van der Waals surface area contributed by atoms with E-state index in [1.807, 2.05) is 54.6 Å². The maximum absolute atomic E-state index is 11.4. The lowest BCUT2D eigenvalue weighted by molar-refractivity contribution is -0.131. The second kappa shape index (κ2) is 4.81. The zero-order valence-electron chi connectivity index (χ0n) is 12.0. The Bertz CT molecular complexity index is 1040. The van der Waals surface area contributed by atoms with Crippen molar-refractivity contribution < 1.29 is 9.53 Å². The van der Waals surface area contributed by atoms with Gasteiger partial charge in [-0.1, -0.05) is 42.5 Å². The fraction of sp³-hybridized carbons (Fsp3) is 0.0526. The first-order valence-corrected chi connectivity index (χ1v) is 7.12. The average molecular weight is 287 g/mol. The summed E-state index contributed by atoms with van der Waals surface area (Å²) in [4.78, 5) is 16.2. The molecule has 0 amide bonds. The van der Waals surface area contributed by atoms with Gasteiger partial charge in [-0.15, -0.1) is 0 Å². The van der Waals surface area contributed by atoms with Crippen LogP contribution in [-0.4, -0.2) is 11.0 Å². The van der Waals surface area contributed by atoms with Crippen LogP contribution >= 0.6 is 0 Å². The molecule has 0 unspecified atom stereocenters. The number of fused-ring (bicyclic) bond motifs is 4. The molecule has 0 bridgehead atoms. The van der Waals surface area contributed by atoms with Crippen molar-refractivity contribution in [1.29, 1.82) is 0 Å². The number of hydrogen-bond donors (Lipinski definition) is 0. The van der Waals surface area contributed by atoms with Crippen molar-refractivity contribution >= 4 is 38.5 Å². The molecule has 0 atom stereocenters. The highest BCUT2D eigenvalue weighted by Crippen LogP contribution is 2.34. The minimum Gasteiger partial charge on any atom is -0.426 e. The first-order chi connectivity index (χ1) is 10.7. The molecular weight excluding hydrogens is 274 g/mol. The average Bonchev–Trinajstić information content (AvgIpc) is 2.53. The highest BCUT2D eigenvalue weighted by molar-refractivity contribution is 6.11. The van der Waals surface area contributed by atoms with E-state index in [-0.39, 0.29) is 5.97 Å². The Morgan fingerprint density at radius 3 is 2.45 bits per heavy atom. The monoisotopic (exact) mass is 287 g/mol. The van der Waals surface area contributed by atoms with E-state index in [2.05, 4.69) is 6.07 Å². The minimum absolute atomic E-state index is 0.321. The van der Waals surface area contributed by atoms with E-state index in [4.69, 9.17) is 9.72 Å². The SMILES string of the molecule is CC(=O)Oc1cc2cc3ccccc3nc2c2ccccc12. The normalized spacial score (nSPS) is 11.1. The van der Waals surface area contributed by atoms with Crippen molar-refractivity contribution in [2.45, 2.75) is 6.92 Å². The Kier molecular flexibility index (Phi) is 2.79. The molecule has 1 aromatic heterocycles. The molecule has 0 spiro atoms. The number of benzene rings is 3. The van der Waals surface area contributed by atoms with Gasteiger partial charge in [-0.25, -0.2) is 4.98 Å². The van der Waals surface area contributed by atoms with E-state index in [9.17, 15) is 4.79 Å². The van der Waals surface area contributed by atoms with E-state index in [0.717, 1.165) is 32.6 Å². The first kappa shape index (κ1) is 12.8. The first-order valence-electron chi connectivity index (χ1n) is 7.12. The molecule has 4 aromatic rings. The molecule has 4 rings (SSSR count). The number of hydrogen-bond acceptors (Lipinski definition) is 3. The van der Waals surface area contributed by atoms with E-state index in [0.29, 0.717) is 5.75 Å². The van der Waals surface area contributed by atoms with Crippen LogP contribution in [0.1, 0.15) is 6.92 Å². The van der Waals surface area contributed by atoms with Gasteiger partial charge in [0.05, 0.1) is 11.0 Å². The van der Waals surface area contributed by atoms with Crippen molar-refractivity contribution in [2.75, 3.05) is 0 Å². The molecule has 0 fully saturated rings. The Hall–Kier alpha value is -2.94. The molecule has 0 radical (unpaired) electrons. The van der Waals surface area contributed by atoms with Gasteiger partial charge < -0.3 is 4.74 Å². The third kappa shape index (κ3) is 1.99. The minimum atomic E-state index is -0.321. The van der Waals surface area contributed by atoms with Crippen LogP contribution < -0.4 is 4.74 Å². The molecule has 3 heteroatoms. The van der Waals surface area contributed by atoms with Crippen LogP contribution in [-0.2, 0) is 4.79 Å². The van der Waals surface area contributed by atoms with Crippen LogP contribution in [0.2, 0.25) is 0 Å². The standard InChI is InChI=1S/C19H13NO2/c1-12(21)22-18-11-14-10-13-6-2-5-9-17(13)20-19(14)16-8-4-3-7-15(16)18/h2-11H,1H3. The summed E-state index contributed by atoms with van der Waals surface area (Å²) in [6.07, 6.45) is 0. The summed E-state index contributed by atoms with van der Waals surface area (Å²) in [5.41, 5.74) is 1.88. The molecule has 1 heterocycles. The second-order valence-corrected chi connectivity index (χ2v) is 5.27. The number of para-hydroxylation sites is 1. The number of nitrogens with zero attached hydrogens (tertiary/aromatic N) is 1. The van der Waals surface area contributed by atoms with Gasteiger partial charge in [-0.2, -0.15) is 0 Å². The zero-order valence-corrected chi connectivity index (χ0v) is 12.0.